The number of aryl methyl sites for hydroxylation is 2. The molecule has 20 heavy (non-hydrogen) atoms. The third-order valence-corrected chi connectivity index (χ3v) is 4.15. The largest absolute Gasteiger partial charge is 0.396 e. The molecule has 102 valence electrons. The normalized spacial score (nSPS) is 11.2. The predicted molar refractivity (Wildman–Crippen MR) is 84.5 cm³/mol. The van der Waals surface area contributed by atoms with Gasteiger partial charge in [-0.05, 0) is 38.1 Å². The smallest absolute Gasteiger partial charge is 0.161 e. The van der Waals surface area contributed by atoms with Crippen LogP contribution in [-0.4, -0.2) is 9.38 Å². The summed E-state index contributed by atoms with van der Waals surface area (Å²) in [6.45, 7) is 4.05. The summed E-state index contributed by atoms with van der Waals surface area (Å²) in [5, 5.41) is 1.05. The lowest BCUT2D eigenvalue weighted by atomic mass is 10.1. The summed E-state index contributed by atoms with van der Waals surface area (Å²) in [6.07, 6.45) is 0. The first-order valence-corrected chi connectivity index (χ1v) is 6.94. The molecule has 0 aliphatic heterocycles. The van der Waals surface area contributed by atoms with E-state index in [1.807, 2.05) is 42.5 Å². The quantitative estimate of drug-likeness (QED) is 0.719. The van der Waals surface area contributed by atoms with Crippen molar-refractivity contribution in [2.45, 2.75) is 13.8 Å². The number of rotatable bonds is 1. The molecule has 0 saturated heterocycles. The van der Waals surface area contributed by atoms with E-state index in [0.29, 0.717) is 15.7 Å². The van der Waals surface area contributed by atoms with Gasteiger partial charge in [-0.1, -0.05) is 29.3 Å². The van der Waals surface area contributed by atoms with Gasteiger partial charge in [0.1, 0.15) is 0 Å². The van der Waals surface area contributed by atoms with Crippen molar-refractivity contribution in [1.29, 1.82) is 0 Å². The van der Waals surface area contributed by atoms with E-state index in [9.17, 15) is 0 Å². The SMILES string of the molecule is Cc1ccc(N)c2nc(-c3ccc(Cl)c(Cl)c3)c(C)n12. The van der Waals surface area contributed by atoms with E-state index in [1.165, 1.54) is 0 Å². The van der Waals surface area contributed by atoms with Crippen LogP contribution in [0.3, 0.4) is 0 Å². The summed E-state index contributed by atoms with van der Waals surface area (Å²) in [7, 11) is 0. The highest BCUT2D eigenvalue weighted by molar-refractivity contribution is 6.42. The Labute approximate surface area is 127 Å². The van der Waals surface area contributed by atoms with Gasteiger partial charge in [-0.25, -0.2) is 4.98 Å². The third kappa shape index (κ3) is 1.94. The monoisotopic (exact) mass is 305 g/mol. The molecule has 0 atom stereocenters. The van der Waals surface area contributed by atoms with Gasteiger partial charge in [-0.2, -0.15) is 0 Å². The molecule has 0 unspecified atom stereocenters. The first kappa shape index (κ1) is 13.3. The molecule has 1 aromatic carbocycles. The van der Waals surface area contributed by atoms with Crippen molar-refractivity contribution in [1.82, 2.24) is 9.38 Å². The van der Waals surface area contributed by atoms with Crippen LogP contribution in [-0.2, 0) is 0 Å². The molecule has 0 amide bonds. The maximum Gasteiger partial charge on any atom is 0.161 e. The lowest BCUT2D eigenvalue weighted by Gasteiger charge is -2.04. The number of nitrogens with zero attached hydrogens (tertiary/aromatic N) is 2. The first-order valence-electron chi connectivity index (χ1n) is 6.18. The minimum atomic E-state index is 0.519. The molecule has 3 aromatic rings. The maximum atomic E-state index is 6.09. The molecular formula is C15H13Cl2N3. The van der Waals surface area contributed by atoms with Crippen LogP contribution in [0.2, 0.25) is 10.0 Å². The summed E-state index contributed by atoms with van der Waals surface area (Å²) >= 11 is 12.0. The second kappa shape index (κ2) is 4.69. The minimum Gasteiger partial charge on any atom is -0.396 e. The Morgan fingerprint density at radius 2 is 1.80 bits per heavy atom. The van der Waals surface area contributed by atoms with Crippen molar-refractivity contribution in [3.63, 3.8) is 0 Å². The average Bonchev–Trinajstić information content (AvgIpc) is 2.77. The van der Waals surface area contributed by atoms with Gasteiger partial charge in [-0.15, -0.1) is 0 Å². The van der Waals surface area contributed by atoms with Gasteiger partial charge in [0.25, 0.3) is 0 Å². The Balaban J connectivity index is 2.32. The standard InChI is InChI=1S/C15H13Cl2N3/c1-8-3-6-13(18)15-19-14(9(2)20(8)15)10-4-5-11(16)12(17)7-10/h3-7H,18H2,1-2H3. The van der Waals surface area contributed by atoms with Crippen LogP contribution in [0, 0.1) is 13.8 Å². The molecule has 0 aliphatic carbocycles. The fourth-order valence-electron chi connectivity index (χ4n) is 2.40. The predicted octanol–water partition coefficient (Wildman–Crippen LogP) is 4.51. The first-order chi connectivity index (χ1) is 9.49. The van der Waals surface area contributed by atoms with Crippen LogP contribution in [0.15, 0.2) is 30.3 Å². The number of anilines is 1. The summed E-state index contributed by atoms with van der Waals surface area (Å²) in [5.41, 5.74) is 11.3. The molecule has 0 fully saturated rings. The Morgan fingerprint density at radius 3 is 2.45 bits per heavy atom. The van der Waals surface area contributed by atoms with Crippen molar-refractivity contribution >= 4 is 34.5 Å². The van der Waals surface area contributed by atoms with Crippen LogP contribution in [0.4, 0.5) is 5.69 Å². The third-order valence-electron chi connectivity index (χ3n) is 3.42. The molecule has 0 saturated carbocycles. The van der Waals surface area contributed by atoms with Crippen molar-refractivity contribution in [2.75, 3.05) is 5.73 Å². The van der Waals surface area contributed by atoms with E-state index >= 15 is 0 Å². The molecule has 3 rings (SSSR count). The molecule has 3 nitrogen and oxygen atoms in total. The molecule has 0 bridgehead atoms. The van der Waals surface area contributed by atoms with E-state index < -0.39 is 0 Å². The van der Waals surface area contributed by atoms with Crippen LogP contribution < -0.4 is 5.73 Å². The second-order valence-electron chi connectivity index (χ2n) is 4.76. The number of nitrogen functional groups attached to an aromatic ring is 1. The van der Waals surface area contributed by atoms with Crippen molar-refractivity contribution in [3.8, 4) is 11.3 Å². The second-order valence-corrected chi connectivity index (χ2v) is 5.58. The molecule has 2 heterocycles. The Kier molecular flexibility index (Phi) is 3.11. The number of aromatic nitrogens is 2. The van der Waals surface area contributed by atoms with E-state index in [0.717, 1.165) is 28.3 Å². The molecule has 5 heteroatoms. The van der Waals surface area contributed by atoms with Gasteiger partial charge in [-0.3, -0.25) is 4.40 Å². The van der Waals surface area contributed by atoms with Crippen molar-refractivity contribution in [3.05, 3.63) is 51.8 Å². The zero-order valence-corrected chi connectivity index (χ0v) is 12.6. The van der Waals surface area contributed by atoms with Crippen molar-refractivity contribution < 1.29 is 0 Å². The highest BCUT2D eigenvalue weighted by atomic mass is 35.5. The lowest BCUT2D eigenvalue weighted by Crippen LogP contribution is -1.97. The van der Waals surface area contributed by atoms with E-state index in [-0.39, 0.29) is 0 Å². The van der Waals surface area contributed by atoms with Crippen LogP contribution >= 0.6 is 23.2 Å². The Hall–Kier alpha value is -1.71. The zero-order valence-electron chi connectivity index (χ0n) is 11.1. The maximum absolute atomic E-state index is 6.09. The number of fused-ring (bicyclic) bond motifs is 1. The van der Waals surface area contributed by atoms with E-state index in [2.05, 4.69) is 4.98 Å². The Morgan fingerprint density at radius 1 is 1.05 bits per heavy atom. The zero-order chi connectivity index (χ0) is 14.4. The molecular weight excluding hydrogens is 293 g/mol. The minimum absolute atomic E-state index is 0.519. The number of nitrogens with two attached hydrogens (primary N) is 1. The number of hydrogen-bond donors (Lipinski definition) is 1. The molecule has 2 aromatic heterocycles. The average molecular weight is 306 g/mol. The fraction of sp³-hybridized carbons (Fsp3) is 0.133. The van der Waals surface area contributed by atoms with Gasteiger partial charge in [0.15, 0.2) is 5.65 Å². The number of halogens is 2. The lowest BCUT2D eigenvalue weighted by molar-refractivity contribution is 1.04. The van der Waals surface area contributed by atoms with Crippen LogP contribution in [0.25, 0.3) is 16.9 Å². The van der Waals surface area contributed by atoms with Gasteiger partial charge < -0.3 is 5.73 Å². The molecule has 2 N–H and O–H groups in total. The fourth-order valence-corrected chi connectivity index (χ4v) is 2.70. The Bertz CT molecular complexity index is 822. The summed E-state index contributed by atoms with van der Waals surface area (Å²) < 4.78 is 2.05. The number of benzene rings is 1. The number of imidazole rings is 1. The highest BCUT2D eigenvalue weighted by Gasteiger charge is 2.14. The summed E-state index contributed by atoms with van der Waals surface area (Å²) in [6, 6.07) is 9.36. The number of pyridine rings is 1. The molecule has 0 spiro atoms. The van der Waals surface area contributed by atoms with Gasteiger partial charge in [0.05, 0.1) is 21.4 Å². The van der Waals surface area contributed by atoms with Gasteiger partial charge in [0.2, 0.25) is 0 Å². The summed E-state index contributed by atoms with van der Waals surface area (Å²) in [4.78, 5) is 4.65. The number of hydrogen-bond acceptors (Lipinski definition) is 2. The molecule has 0 aliphatic rings. The van der Waals surface area contributed by atoms with E-state index in [1.54, 1.807) is 6.07 Å². The van der Waals surface area contributed by atoms with E-state index in [4.69, 9.17) is 28.9 Å². The highest BCUT2D eigenvalue weighted by Crippen LogP contribution is 2.31. The van der Waals surface area contributed by atoms with Crippen LogP contribution in [0.1, 0.15) is 11.4 Å². The van der Waals surface area contributed by atoms with Crippen LogP contribution in [0.5, 0.6) is 0 Å². The topological polar surface area (TPSA) is 43.3 Å². The molecule has 0 radical (unpaired) electrons. The van der Waals surface area contributed by atoms with Crippen molar-refractivity contribution in [2.24, 2.45) is 0 Å². The van der Waals surface area contributed by atoms with Gasteiger partial charge in [0, 0.05) is 17.0 Å². The van der Waals surface area contributed by atoms with Gasteiger partial charge >= 0.3 is 0 Å². The summed E-state index contributed by atoms with van der Waals surface area (Å²) in [5.74, 6) is 0.